The highest BCUT2D eigenvalue weighted by Crippen LogP contribution is 2.33. The SMILES string of the molecule is CCOC(=O)c1ccc([C@H]2CC[C@H](NC(=O)OC(C)(C)C)CC2)nc1Nc1ccccc1. The first-order valence-electron chi connectivity index (χ1n) is 11.2. The lowest BCUT2D eigenvalue weighted by atomic mass is 9.84. The lowest BCUT2D eigenvalue weighted by Gasteiger charge is -2.30. The average Bonchev–Trinajstić information content (AvgIpc) is 2.74. The minimum atomic E-state index is -0.506. The van der Waals surface area contributed by atoms with Crippen molar-refractivity contribution in [3.63, 3.8) is 0 Å². The van der Waals surface area contributed by atoms with Crippen molar-refractivity contribution in [2.75, 3.05) is 11.9 Å². The van der Waals surface area contributed by atoms with E-state index in [1.165, 1.54) is 0 Å². The number of aromatic nitrogens is 1. The predicted molar refractivity (Wildman–Crippen MR) is 124 cm³/mol. The molecule has 1 aliphatic rings. The van der Waals surface area contributed by atoms with Gasteiger partial charge in [0.15, 0.2) is 0 Å². The number of hydrogen-bond acceptors (Lipinski definition) is 6. The van der Waals surface area contributed by atoms with Gasteiger partial charge in [-0.25, -0.2) is 14.6 Å². The molecule has 1 aromatic carbocycles. The molecule has 1 fully saturated rings. The minimum Gasteiger partial charge on any atom is -0.462 e. The normalized spacial score (nSPS) is 18.5. The van der Waals surface area contributed by atoms with Gasteiger partial charge in [-0.2, -0.15) is 0 Å². The summed E-state index contributed by atoms with van der Waals surface area (Å²) in [4.78, 5) is 29.3. The van der Waals surface area contributed by atoms with Gasteiger partial charge in [0, 0.05) is 23.3 Å². The fourth-order valence-electron chi connectivity index (χ4n) is 3.84. The second-order valence-electron chi connectivity index (χ2n) is 9.04. The molecule has 0 bridgehead atoms. The third-order valence-electron chi connectivity index (χ3n) is 5.31. The van der Waals surface area contributed by atoms with Gasteiger partial charge >= 0.3 is 12.1 Å². The molecule has 3 rings (SSSR count). The van der Waals surface area contributed by atoms with Gasteiger partial charge in [-0.3, -0.25) is 0 Å². The van der Waals surface area contributed by atoms with Crippen molar-refractivity contribution in [3.05, 3.63) is 53.7 Å². The number of ether oxygens (including phenoxy) is 2. The van der Waals surface area contributed by atoms with Crippen molar-refractivity contribution in [2.45, 2.75) is 70.9 Å². The summed E-state index contributed by atoms with van der Waals surface area (Å²) in [6, 6.07) is 13.4. The number of anilines is 2. The fraction of sp³-hybridized carbons (Fsp3) is 0.480. The van der Waals surface area contributed by atoms with Crippen LogP contribution in [0.5, 0.6) is 0 Å². The van der Waals surface area contributed by atoms with E-state index < -0.39 is 11.6 Å². The molecule has 7 heteroatoms. The number of benzene rings is 1. The maximum atomic E-state index is 12.4. The number of nitrogens with zero attached hydrogens (tertiary/aromatic N) is 1. The van der Waals surface area contributed by atoms with E-state index in [0.29, 0.717) is 18.0 Å². The Labute approximate surface area is 189 Å². The molecule has 172 valence electrons. The Hall–Kier alpha value is -3.09. The summed E-state index contributed by atoms with van der Waals surface area (Å²) in [5, 5.41) is 6.24. The number of amides is 1. The van der Waals surface area contributed by atoms with Gasteiger partial charge in [-0.15, -0.1) is 0 Å². The van der Waals surface area contributed by atoms with Crippen molar-refractivity contribution < 1.29 is 19.1 Å². The maximum Gasteiger partial charge on any atom is 0.407 e. The van der Waals surface area contributed by atoms with E-state index in [0.717, 1.165) is 37.1 Å². The molecule has 1 amide bonds. The van der Waals surface area contributed by atoms with Crippen molar-refractivity contribution in [3.8, 4) is 0 Å². The molecule has 2 aromatic rings. The number of esters is 1. The fourth-order valence-corrected chi connectivity index (χ4v) is 3.84. The highest BCUT2D eigenvalue weighted by atomic mass is 16.6. The van der Waals surface area contributed by atoms with Crippen LogP contribution < -0.4 is 10.6 Å². The molecule has 7 nitrogen and oxygen atoms in total. The lowest BCUT2D eigenvalue weighted by molar-refractivity contribution is 0.0488. The lowest BCUT2D eigenvalue weighted by Crippen LogP contribution is -2.40. The monoisotopic (exact) mass is 439 g/mol. The van der Waals surface area contributed by atoms with Gasteiger partial charge < -0.3 is 20.1 Å². The Morgan fingerprint density at radius 3 is 2.34 bits per heavy atom. The minimum absolute atomic E-state index is 0.0989. The zero-order valence-corrected chi connectivity index (χ0v) is 19.3. The number of pyridine rings is 1. The van der Waals surface area contributed by atoms with E-state index >= 15 is 0 Å². The highest BCUT2D eigenvalue weighted by molar-refractivity contribution is 5.95. The van der Waals surface area contributed by atoms with Crippen molar-refractivity contribution in [1.82, 2.24) is 10.3 Å². The molecule has 1 heterocycles. The molecule has 1 aliphatic carbocycles. The van der Waals surface area contributed by atoms with Gasteiger partial charge in [0.05, 0.1) is 6.61 Å². The summed E-state index contributed by atoms with van der Waals surface area (Å²) >= 11 is 0. The number of alkyl carbamates (subject to hydrolysis) is 1. The average molecular weight is 440 g/mol. The molecular formula is C25H33N3O4. The third kappa shape index (κ3) is 6.70. The first kappa shape index (κ1) is 23.6. The zero-order chi connectivity index (χ0) is 23.1. The second-order valence-corrected chi connectivity index (χ2v) is 9.04. The number of para-hydroxylation sites is 1. The van der Waals surface area contributed by atoms with E-state index in [-0.39, 0.29) is 18.1 Å². The van der Waals surface area contributed by atoms with Crippen LogP contribution in [0.1, 0.15) is 75.3 Å². The summed E-state index contributed by atoms with van der Waals surface area (Å²) in [6.45, 7) is 7.66. The van der Waals surface area contributed by atoms with Crippen molar-refractivity contribution in [1.29, 1.82) is 0 Å². The predicted octanol–water partition coefficient (Wildman–Crippen LogP) is 5.55. The van der Waals surface area contributed by atoms with Crippen LogP contribution in [-0.2, 0) is 9.47 Å². The van der Waals surface area contributed by atoms with Crippen LogP contribution in [0.15, 0.2) is 42.5 Å². The molecule has 32 heavy (non-hydrogen) atoms. The van der Waals surface area contributed by atoms with Crippen molar-refractivity contribution in [2.24, 2.45) is 0 Å². The van der Waals surface area contributed by atoms with Gasteiger partial charge in [0.1, 0.15) is 17.0 Å². The molecule has 2 N–H and O–H groups in total. The molecule has 0 aliphatic heterocycles. The molecule has 0 saturated heterocycles. The summed E-state index contributed by atoms with van der Waals surface area (Å²) in [6.07, 6.45) is 3.14. The quantitative estimate of drug-likeness (QED) is 0.573. The van der Waals surface area contributed by atoms with E-state index in [2.05, 4.69) is 10.6 Å². The topological polar surface area (TPSA) is 89.5 Å². The number of carbonyl (C=O) groups is 2. The number of rotatable bonds is 6. The standard InChI is InChI=1S/C25H33N3O4/c1-5-31-23(29)20-15-16-21(28-22(20)26-18-9-7-6-8-10-18)17-11-13-19(14-12-17)27-24(30)32-25(2,3)4/h6-10,15-17,19H,5,11-14H2,1-4H3,(H,26,28)(H,27,30)/t17-,19-. The van der Waals surface area contributed by atoms with Crippen LogP contribution in [0.25, 0.3) is 0 Å². The van der Waals surface area contributed by atoms with Gasteiger partial charge in [0.25, 0.3) is 0 Å². The zero-order valence-electron chi connectivity index (χ0n) is 19.3. The summed E-state index contributed by atoms with van der Waals surface area (Å²) in [5.41, 5.74) is 1.70. The Morgan fingerprint density at radius 1 is 1.03 bits per heavy atom. The third-order valence-corrected chi connectivity index (χ3v) is 5.31. The Morgan fingerprint density at radius 2 is 1.72 bits per heavy atom. The molecule has 0 atom stereocenters. The van der Waals surface area contributed by atoms with Crippen molar-refractivity contribution >= 4 is 23.6 Å². The smallest absolute Gasteiger partial charge is 0.407 e. The number of nitrogens with one attached hydrogen (secondary N) is 2. The molecule has 0 radical (unpaired) electrons. The maximum absolute atomic E-state index is 12.4. The number of carbonyl (C=O) groups excluding carboxylic acids is 2. The summed E-state index contributed by atoms with van der Waals surface area (Å²) < 4.78 is 10.6. The van der Waals surface area contributed by atoms with Crippen LogP contribution in [0.3, 0.4) is 0 Å². The van der Waals surface area contributed by atoms with Crippen LogP contribution in [-0.4, -0.2) is 35.3 Å². The first-order valence-corrected chi connectivity index (χ1v) is 11.2. The van der Waals surface area contributed by atoms with E-state index in [9.17, 15) is 9.59 Å². The number of hydrogen-bond donors (Lipinski definition) is 2. The first-order chi connectivity index (χ1) is 15.2. The van der Waals surface area contributed by atoms with Crippen LogP contribution in [0.2, 0.25) is 0 Å². The van der Waals surface area contributed by atoms with Gasteiger partial charge in [0.2, 0.25) is 0 Å². The van der Waals surface area contributed by atoms with E-state index in [1.807, 2.05) is 57.2 Å². The van der Waals surface area contributed by atoms with E-state index in [1.54, 1.807) is 13.0 Å². The molecule has 1 saturated carbocycles. The summed E-state index contributed by atoms with van der Waals surface area (Å²) in [7, 11) is 0. The van der Waals surface area contributed by atoms with Crippen LogP contribution >= 0.6 is 0 Å². The molecule has 0 unspecified atom stereocenters. The highest BCUT2D eigenvalue weighted by Gasteiger charge is 2.27. The van der Waals surface area contributed by atoms with E-state index in [4.69, 9.17) is 14.5 Å². The van der Waals surface area contributed by atoms with Crippen LogP contribution in [0, 0.1) is 0 Å². The summed E-state index contributed by atoms with van der Waals surface area (Å²) in [5.74, 6) is 0.371. The Balaban J connectivity index is 1.69. The van der Waals surface area contributed by atoms with Crippen LogP contribution in [0.4, 0.5) is 16.3 Å². The second kappa shape index (κ2) is 10.5. The van der Waals surface area contributed by atoms with Gasteiger partial charge in [-0.1, -0.05) is 18.2 Å². The molecular weight excluding hydrogens is 406 g/mol. The Bertz CT molecular complexity index is 917. The molecule has 0 spiro atoms. The van der Waals surface area contributed by atoms with Gasteiger partial charge in [-0.05, 0) is 77.6 Å². The molecule has 1 aromatic heterocycles. The largest absolute Gasteiger partial charge is 0.462 e. The Kier molecular flexibility index (Phi) is 7.72.